The Bertz CT molecular complexity index is 1200. The molecule has 0 saturated heterocycles. The molecule has 5 rings (SSSR count). The number of nitrogens with one attached hydrogen (secondary N) is 2. The van der Waals surface area contributed by atoms with Gasteiger partial charge in [-0.2, -0.15) is 5.10 Å². The monoisotopic (exact) mass is 375 g/mol. The summed E-state index contributed by atoms with van der Waals surface area (Å²) in [6.07, 6.45) is 5.51. The first kappa shape index (κ1) is 15.6. The number of anilines is 1. The number of fused-ring (bicyclic) bond motifs is 1. The average molecular weight is 375 g/mol. The predicted molar refractivity (Wildman–Crippen MR) is 103 cm³/mol. The highest BCUT2D eigenvalue weighted by Gasteiger charge is 2.14. The molecule has 0 radical (unpaired) electrons. The number of H-pyrrole nitrogens is 1. The van der Waals surface area contributed by atoms with E-state index in [-0.39, 0.29) is 11.6 Å². The predicted octanol–water partition coefficient (Wildman–Crippen LogP) is 4.30. The van der Waals surface area contributed by atoms with Gasteiger partial charge in [-0.3, -0.25) is 14.3 Å². The summed E-state index contributed by atoms with van der Waals surface area (Å²) in [4.78, 5) is 18.0. The fourth-order valence-corrected chi connectivity index (χ4v) is 3.51. The molecule has 0 aliphatic heterocycles. The van der Waals surface area contributed by atoms with Gasteiger partial charge in [0.1, 0.15) is 5.69 Å². The second-order valence-electron chi connectivity index (χ2n) is 5.90. The summed E-state index contributed by atoms with van der Waals surface area (Å²) in [5, 5.41) is 11.7. The largest absolute Gasteiger partial charge is 0.463 e. The van der Waals surface area contributed by atoms with Crippen LogP contribution in [0.3, 0.4) is 0 Å². The molecule has 1 amide bonds. The number of furan rings is 1. The first-order valence-corrected chi connectivity index (χ1v) is 9.07. The summed E-state index contributed by atoms with van der Waals surface area (Å²) in [7, 11) is 0. The molecular formula is C19H13N5O2S. The molecule has 1 aromatic carbocycles. The molecule has 0 bridgehead atoms. The lowest BCUT2D eigenvalue weighted by molar-refractivity contribution is 0.102. The highest BCUT2D eigenvalue weighted by atomic mass is 32.1. The summed E-state index contributed by atoms with van der Waals surface area (Å²) in [6.45, 7) is 0. The quantitative estimate of drug-likeness (QED) is 0.490. The van der Waals surface area contributed by atoms with E-state index in [9.17, 15) is 4.79 Å². The second kappa shape index (κ2) is 6.26. The number of aromatic amines is 1. The van der Waals surface area contributed by atoms with Gasteiger partial charge in [0, 0.05) is 35.1 Å². The molecular weight excluding hydrogens is 362 g/mol. The Morgan fingerprint density at radius 2 is 2.19 bits per heavy atom. The number of amides is 1. The molecule has 0 aliphatic carbocycles. The van der Waals surface area contributed by atoms with E-state index >= 15 is 0 Å². The smallest absolute Gasteiger partial charge is 0.276 e. The van der Waals surface area contributed by atoms with Crippen molar-refractivity contribution >= 4 is 27.9 Å². The number of imidazole rings is 1. The van der Waals surface area contributed by atoms with Crippen LogP contribution in [-0.2, 0) is 0 Å². The molecule has 8 heteroatoms. The van der Waals surface area contributed by atoms with E-state index in [1.165, 1.54) is 0 Å². The van der Waals surface area contributed by atoms with Gasteiger partial charge in [0.2, 0.25) is 0 Å². The molecule has 0 saturated carbocycles. The number of aromatic nitrogens is 4. The Morgan fingerprint density at radius 3 is 3.04 bits per heavy atom. The maximum absolute atomic E-state index is 12.5. The first-order valence-electron chi connectivity index (χ1n) is 8.19. The summed E-state index contributed by atoms with van der Waals surface area (Å²) < 4.78 is 7.28. The third-order valence-corrected chi connectivity index (χ3v) is 4.88. The van der Waals surface area contributed by atoms with E-state index in [1.807, 2.05) is 46.4 Å². The number of benzene rings is 1. The molecule has 0 aliphatic rings. The van der Waals surface area contributed by atoms with Crippen LogP contribution in [0.15, 0.2) is 70.9 Å². The van der Waals surface area contributed by atoms with Crippen molar-refractivity contribution in [3.8, 4) is 22.7 Å². The summed E-state index contributed by atoms with van der Waals surface area (Å²) in [6, 6.07) is 12.8. The van der Waals surface area contributed by atoms with Crippen molar-refractivity contribution in [1.29, 1.82) is 0 Å². The van der Waals surface area contributed by atoms with Crippen LogP contribution < -0.4 is 5.32 Å². The summed E-state index contributed by atoms with van der Waals surface area (Å²) in [5.74, 6) is 0.329. The molecule has 27 heavy (non-hydrogen) atoms. The Kier molecular flexibility index (Phi) is 3.61. The molecule has 0 atom stereocenters. The lowest BCUT2D eigenvalue weighted by Gasteiger charge is -2.04. The van der Waals surface area contributed by atoms with Gasteiger partial charge in [0.05, 0.1) is 12.0 Å². The normalized spacial score (nSPS) is 11.1. The lowest BCUT2D eigenvalue weighted by atomic mass is 10.1. The number of carbonyl (C=O) groups is 1. The zero-order valence-electron chi connectivity index (χ0n) is 13.9. The minimum absolute atomic E-state index is 0.286. The van der Waals surface area contributed by atoms with Crippen molar-refractivity contribution in [2.24, 2.45) is 0 Å². The average Bonchev–Trinajstić information content (AvgIpc) is 3.45. The van der Waals surface area contributed by atoms with Crippen molar-refractivity contribution in [1.82, 2.24) is 19.6 Å². The van der Waals surface area contributed by atoms with Gasteiger partial charge in [-0.15, -0.1) is 11.3 Å². The molecule has 0 unspecified atom stereocenters. The number of carbonyl (C=O) groups excluding carboxylic acids is 1. The first-order chi connectivity index (χ1) is 13.3. The number of thiazole rings is 1. The van der Waals surface area contributed by atoms with Crippen LogP contribution in [0.1, 0.15) is 10.5 Å². The van der Waals surface area contributed by atoms with Crippen LogP contribution in [0, 0.1) is 0 Å². The van der Waals surface area contributed by atoms with Gasteiger partial charge in [-0.25, -0.2) is 4.98 Å². The fourth-order valence-electron chi connectivity index (χ4n) is 2.81. The van der Waals surface area contributed by atoms with E-state index in [1.54, 1.807) is 35.8 Å². The minimum atomic E-state index is -0.299. The van der Waals surface area contributed by atoms with Gasteiger partial charge in [0.15, 0.2) is 16.4 Å². The molecule has 4 aromatic heterocycles. The van der Waals surface area contributed by atoms with Gasteiger partial charge >= 0.3 is 0 Å². The van der Waals surface area contributed by atoms with Crippen molar-refractivity contribution in [2.45, 2.75) is 0 Å². The number of nitrogens with zero attached hydrogens (tertiary/aromatic N) is 3. The van der Waals surface area contributed by atoms with E-state index < -0.39 is 0 Å². The number of hydrogen-bond donors (Lipinski definition) is 2. The van der Waals surface area contributed by atoms with Crippen LogP contribution in [-0.4, -0.2) is 25.5 Å². The van der Waals surface area contributed by atoms with Crippen LogP contribution in [0.25, 0.3) is 27.7 Å². The summed E-state index contributed by atoms with van der Waals surface area (Å²) >= 11 is 1.58. The van der Waals surface area contributed by atoms with Crippen molar-refractivity contribution < 1.29 is 9.21 Å². The van der Waals surface area contributed by atoms with Crippen molar-refractivity contribution in [2.75, 3.05) is 5.32 Å². The standard InChI is InChI=1S/C19H13N5O2S/c25-18(15-10-14(22-23-15)17-5-2-7-26-17)20-13-4-1-3-12(9-13)16-11-24-6-8-27-19(24)21-16/h1-11H,(H,20,25)(H,22,23). The third-order valence-electron chi connectivity index (χ3n) is 4.11. The molecule has 5 aromatic rings. The Balaban J connectivity index is 1.37. The van der Waals surface area contributed by atoms with Crippen LogP contribution in [0.2, 0.25) is 0 Å². The van der Waals surface area contributed by atoms with E-state index in [4.69, 9.17) is 4.42 Å². The zero-order valence-corrected chi connectivity index (χ0v) is 14.7. The van der Waals surface area contributed by atoms with E-state index in [2.05, 4.69) is 20.5 Å². The van der Waals surface area contributed by atoms with E-state index in [0.29, 0.717) is 17.1 Å². The van der Waals surface area contributed by atoms with Gasteiger partial charge in [-0.1, -0.05) is 12.1 Å². The molecule has 4 heterocycles. The Labute approximate surface area is 157 Å². The molecule has 0 spiro atoms. The topological polar surface area (TPSA) is 88.2 Å². The molecule has 7 nitrogen and oxygen atoms in total. The Morgan fingerprint density at radius 1 is 1.22 bits per heavy atom. The van der Waals surface area contributed by atoms with Crippen LogP contribution >= 0.6 is 11.3 Å². The Hall–Kier alpha value is -3.65. The summed E-state index contributed by atoms with van der Waals surface area (Å²) in [5.41, 5.74) is 3.41. The zero-order chi connectivity index (χ0) is 18.2. The van der Waals surface area contributed by atoms with Gasteiger partial charge in [0.25, 0.3) is 5.91 Å². The lowest BCUT2D eigenvalue weighted by Crippen LogP contribution is -2.12. The van der Waals surface area contributed by atoms with Crippen LogP contribution in [0.4, 0.5) is 5.69 Å². The van der Waals surface area contributed by atoms with E-state index in [0.717, 1.165) is 16.2 Å². The molecule has 132 valence electrons. The van der Waals surface area contributed by atoms with Crippen molar-refractivity contribution in [3.05, 3.63) is 72.2 Å². The molecule has 0 fully saturated rings. The number of hydrogen-bond acceptors (Lipinski definition) is 5. The second-order valence-corrected chi connectivity index (χ2v) is 6.77. The van der Waals surface area contributed by atoms with Gasteiger partial charge in [-0.05, 0) is 24.3 Å². The fraction of sp³-hybridized carbons (Fsp3) is 0. The third kappa shape index (κ3) is 2.91. The van der Waals surface area contributed by atoms with Crippen molar-refractivity contribution in [3.63, 3.8) is 0 Å². The maximum Gasteiger partial charge on any atom is 0.276 e. The highest BCUT2D eigenvalue weighted by molar-refractivity contribution is 7.15. The van der Waals surface area contributed by atoms with Gasteiger partial charge < -0.3 is 9.73 Å². The van der Waals surface area contributed by atoms with Crippen LogP contribution in [0.5, 0.6) is 0 Å². The minimum Gasteiger partial charge on any atom is -0.463 e. The number of rotatable bonds is 4. The molecule has 2 N–H and O–H groups in total. The highest BCUT2D eigenvalue weighted by Crippen LogP contribution is 2.24. The maximum atomic E-state index is 12.5. The SMILES string of the molecule is O=C(Nc1cccc(-c2cn3ccsc3n2)c1)c1cc(-c2ccco2)[nH]n1.